The normalized spacial score (nSPS) is 23.4. The van der Waals surface area contributed by atoms with Gasteiger partial charge in [0.2, 0.25) is 0 Å². The zero-order valence-corrected chi connectivity index (χ0v) is 12.3. The molecule has 1 saturated heterocycles. The number of hydrogen-bond donors (Lipinski definition) is 1. The summed E-state index contributed by atoms with van der Waals surface area (Å²) in [5.74, 6) is 0. The van der Waals surface area contributed by atoms with E-state index in [2.05, 4.69) is 43.9 Å². The van der Waals surface area contributed by atoms with Gasteiger partial charge in [-0.25, -0.2) is 0 Å². The van der Waals surface area contributed by atoms with Gasteiger partial charge in [0.05, 0.1) is 0 Å². The van der Waals surface area contributed by atoms with E-state index in [-0.39, 0.29) is 0 Å². The molecular formula is C15H22N2S. The van der Waals surface area contributed by atoms with E-state index in [0.29, 0.717) is 17.1 Å². The summed E-state index contributed by atoms with van der Waals surface area (Å²) in [7, 11) is 0. The summed E-state index contributed by atoms with van der Waals surface area (Å²) in [5, 5.41) is 0. The number of aryl methyl sites for hydroxylation is 1. The molecule has 1 aromatic rings. The first-order valence-corrected chi connectivity index (χ1v) is 7.14. The van der Waals surface area contributed by atoms with Crippen LogP contribution in [-0.4, -0.2) is 17.1 Å². The Morgan fingerprint density at radius 1 is 1.44 bits per heavy atom. The Kier molecular flexibility index (Phi) is 3.91. The van der Waals surface area contributed by atoms with Gasteiger partial charge in [0.25, 0.3) is 0 Å². The Bertz CT molecular complexity index is 456. The maximum Gasteiger partial charge on any atom is 0.104 e. The van der Waals surface area contributed by atoms with Crippen LogP contribution < -0.4 is 10.6 Å². The number of hydrogen-bond acceptors (Lipinski definition) is 2. The minimum Gasteiger partial charge on any atom is -0.389 e. The van der Waals surface area contributed by atoms with Crippen LogP contribution in [0.4, 0.5) is 5.69 Å². The van der Waals surface area contributed by atoms with Crippen molar-refractivity contribution in [3.05, 3.63) is 29.3 Å². The Morgan fingerprint density at radius 3 is 2.72 bits per heavy atom. The van der Waals surface area contributed by atoms with Crippen molar-refractivity contribution in [3.8, 4) is 0 Å². The van der Waals surface area contributed by atoms with Crippen molar-refractivity contribution in [2.24, 2.45) is 5.73 Å². The second-order valence-corrected chi connectivity index (χ2v) is 5.70. The van der Waals surface area contributed by atoms with E-state index in [4.69, 9.17) is 18.0 Å². The van der Waals surface area contributed by atoms with Crippen molar-refractivity contribution in [1.82, 2.24) is 0 Å². The number of nitrogens with zero attached hydrogens (tertiary/aromatic N) is 1. The molecular weight excluding hydrogens is 240 g/mol. The molecule has 0 radical (unpaired) electrons. The molecule has 18 heavy (non-hydrogen) atoms. The number of anilines is 1. The van der Waals surface area contributed by atoms with Gasteiger partial charge in [0.15, 0.2) is 0 Å². The lowest BCUT2D eigenvalue weighted by Crippen LogP contribution is -2.34. The topological polar surface area (TPSA) is 29.3 Å². The zero-order valence-electron chi connectivity index (χ0n) is 11.4. The number of rotatable bonds is 3. The van der Waals surface area contributed by atoms with Gasteiger partial charge < -0.3 is 10.6 Å². The van der Waals surface area contributed by atoms with E-state index in [9.17, 15) is 0 Å². The molecule has 0 aliphatic carbocycles. The minimum atomic E-state index is 0.487. The maximum atomic E-state index is 5.72. The molecule has 2 unspecified atom stereocenters. The second-order valence-electron chi connectivity index (χ2n) is 5.26. The Morgan fingerprint density at radius 2 is 2.17 bits per heavy atom. The van der Waals surface area contributed by atoms with E-state index < -0.39 is 0 Å². The third-order valence-corrected chi connectivity index (χ3v) is 4.25. The van der Waals surface area contributed by atoms with Crippen LogP contribution in [0.15, 0.2) is 18.2 Å². The Hall–Kier alpha value is -1.09. The molecule has 2 N–H and O–H groups in total. The molecule has 0 aromatic heterocycles. The molecule has 2 atom stereocenters. The first-order chi connectivity index (χ1) is 8.54. The minimum absolute atomic E-state index is 0.487. The summed E-state index contributed by atoms with van der Waals surface area (Å²) >= 11 is 5.06. The van der Waals surface area contributed by atoms with Crippen molar-refractivity contribution in [1.29, 1.82) is 0 Å². The maximum absolute atomic E-state index is 5.72. The summed E-state index contributed by atoms with van der Waals surface area (Å²) < 4.78 is 0. The molecule has 1 aromatic carbocycles. The van der Waals surface area contributed by atoms with Crippen molar-refractivity contribution >= 4 is 22.9 Å². The average molecular weight is 262 g/mol. The lowest BCUT2D eigenvalue weighted by atomic mass is 10.1. The fraction of sp³-hybridized carbons (Fsp3) is 0.533. The summed E-state index contributed by atoms with van der Waals surface area (Å²) in [6.07, 6.45) is 3.79. The fourth-order valence-electron chi connectivity index (χ4n) is 3.02. The fourth-order valence-corrected chi connectivity index (χ4v) is 3.25. The van der Waals surface area contributed by atoms with Crippen LogP contribution in [-0.2, 0) is 0 Å². The molecule has 2 rings (SSSR count). The molecule has 3 heteroatoms. The molecule has 0 saturated carbocycles. The first-order valence-electron chi connectivity index (χ1n) is 6.73. The largest absolute Gasteiger partial charge is 0.389 e. The first kappa shape index (κ1) is 13.3. The molecule has 98 valence electrons. The van der Waals surface area contributed by atoms with Crippen LogP contribution in [0.2, 0.25) is 0 Å². The van der Waals surface area contributed by atoms with E-state index in [0.717, 1.165) is 5.56 Å². The summed E-state index contributed by atoms with van der Waals surface area (Å²) in [4.78, 5) is 3.04. The van der Waals surface area contributed by atoms with Gasteiger partial charge >= 0.3 is 0 Å². The summed E-state index contributed by atoms with van der Waals surface area (Å²) in [6.45, 7) is 6.66. The van der Waals surface area contributed by atoms with E-state index in [1.807, 2.05) is 0 Å². The van der Waals surface area contributed by atoms with Crippen LogP contribution in [0, 0.1) is 6.92 Å². The molecule has 0 spiro atoms. The van der Waals surface area contributed by atoms with Crippen molar-refractivity contribution in [3.63, 3.8) is 0 Å². The van der Waals surface area contributed by atoms with Gasteiger partial charge in [-0.3, -0.25) is 0 Å². The highest BCUT2D eigenvalue weighted by Gasteiger charge is 2.29. The number of nitrogens with two attached hydrogens (primary N) is 1. The van der Waals surface area contributed by atoms with Gasteiger partial charge in [-0.15, -0.1) is 0 Å². The van der Waals surface area contributed by atoms with Crippen LogP contribution in [0.3, 0.4) is 0 Å². The van der Waals surface area contributed by atoms with E-state index >= 15 is 0 Å². The third kappa shape index (κ3) is 2.37. The van der Waals surface area contributed by atoms with Crippen LogP contribution in [0.25, 0.3) is 0 Å². The van der Waals surface area contributed by atoms with Crippen LogP contribution >= 0.6 is 12.2 Å². The average Bonchev–Trinajstić information content (AvgIpc) is 2.69. The SMILES string of the molecule is CCC1CCC(C)N1c1ccc(C(N)=S)c(C)c1. The highest BCUT2D eigenvalue weighted by atomic mass is 32.1. The molecule has 1 heterocycles. The standard InChI is InChI=1S/C15H22N2S/c1-4-12-6-5-11(3)17(12)13-7-8-14(15(16)18)10(2)9-13/h7-9,11-12H,4-6H2,1-3H3,(H2,16,18). The van der Waals surface area contributed by atoms with Gasteiger partial charge in [0.1, 0.15) is 4.99 Å². The van der Waals surface area contributed by atoms with Crippen molar-refractivity contribution in [2.45, 2.75) is 52.1 Å². The molecule has 1 aliphatic rings. The molecule has 2 nitrogen and oxygen atoms in total. The van der Waals surface area contributed by atoms with Crippen LogP contribution in [0.1, 0.15) is 44.2 Å². The van der Waals surface area contributed by atoms with Gasteiger partial charge in [-0.05, 0) is 56.9 Å². The van der Waals surface area contributed by atoms with Crippen molar-refractivity contribution in [2.75, 3.05) is 4.90 Å². The molecule has 0 amide bonds. The Balaban J connectivity index is 2.33. The monoisotopic (exact) mass is 262 g/mol. The van der Waals surface area contributed by atoms with Gasteiger partial charge in [0, 0.05) is 23.3 Å². The quantitative estimate of drug-likeness (QED) is 0.847. The summed E-state index contributed by atoms with van der Waals surface area (Å²) in [5.41, 5.74) is 9.20. The third-order valence-electron chi connectivity index (χ3n) is 4.03. The van der Waals surface area contributed by atoms with Crippen LogP contribution in [0.5, 0.6) is 0 Å². The Labute approximate surface area is 115 Å². The highest BCUT2D eigenvalue weighted by Crippen LogP contribution is 2.32. The molecule has 1 fully saturated rings. The van der Waals surface area contributed by atoms with E-state index in [1.54, 1.807) is 0 Å². The van der Waals surface area contributed by atoms with Gasteiger partial charge in [-0.2, -0.15) is 0 Å². The van der Waals surface area contributed by atoms with Crippen molar-refractivity contribution < 1.29 is 0 Å². The zero-order chi connectivity index (χ0) is 13.3. The number of benzene rings is 1. The van der Waals surface area contributed by atoms with E-state index in [1.165, 1.54) is 30.5 Å². The predicted octanol–water partition coefficient (Wildman–Crippen LogP) is 3.40. The lowest BCUT2D eigenvalue weighted by Gasteiger charge is -2.31. The second kappa shape index (κ2) is 5.27. The molecule has 0 bridgehead atoms. The predicted molar refractivity (Wildman–Crippen MR) is 82.3 cm³/mol. The van der Waals surface area contributed by atoms with Gasteiger partial charge in [-0.1, -0.05) is 19.1 Å². The number of thiocarbonyl (C=S) groups is 1. The molecule has 1 aliphatic heterocycles. The lowest BCUT2D eigenvalue weighted by molar-refractivity contribution is 0.628. The summed E-state index contributed by atoms with van der Waals surface area (Å²) in [6, 6.07) is 7.75. The smallest absolute Gasteiger partial charge is 0.104 e. The highest BCUT2D eigenvalue weighted by molar-refractivity contribution is 7.80.